The second-order valence-electron chi connectivity index (χ2n) is 4.58. The van der Waals surface area contributed by atoms with Crippen LogP contribution in [0.4, 0.5) is 0 Å². The summed E-state index contributed by atoms with van der Waals surface area (Å²) in [4.78, 5) is 47.5. The maximum absolute atomic E-state index is 12.2. The Labute approximate surface area is 115 Å². The Morgan fingerprint density at radius 1 is 1.15 bits per heavy atom. The summed E-state index contributed by atoms with van der Waals surface area (Å²) in [5, 5.41) is 8.69. The number of carboxylic acids is 1. The molecule has 0 unspecified atom stereocenters. The van der Waals surface area contributed by atoms with E-state index in [4.69, 9.17) is 5.11 Å². The SMILES string of the molecule is CC(=O)[C@H](CCC(=O)O)N1C(=O)c2ccccc2C1=O. The highest BCUT2D eigenvalue weighted by molar-refractivity contribution is 6.22. The molecule has 1 aliphatic heterocycles. The third kappa shape index (κ3) is 2.32. The van der Waals surface area contributed by atoms with Gasteiger partial charge in [0.25, 0.3) is 11.8 Å². The van der Waals surface area contributed by atoms with Crippen molar-refractivity contribution in [2.75, 3.05) is 0 Å². The molecule has 0 saturated carbocycles. The lowest BCUT2D eigenvalue weighted by atomic mass is 10.1. The molecule has 0 aromatic heterocycles. The zero-order chi connectivity index (χ0) is 14.9. The largest absolute Gasteiger partial charge is 0.481 e. The minimum absolute atomic E-state index is 0.0733. The van der Waals surface area contributed by atoms with Crippen molar-refractivity contribution in [3.63, 3.8) is 0 Å². The van der Waals surface area contributed by atoms with Crippen LogP contribution in [-0.4, -0.2) is 39.6 Å². The van der Waals surface area contributed by atoms with Crippen LogP contribution in [0.5, 0.6) is 0 Å². The molecule has 6 nitrogen and oxygen atoms in total. The molecule has 1 atom stereocenters. The molecule has 0 aliphatic carbocycles. The maximum atomic E-state index is 12.2. The fourth-order valence-electron chi connectivity index (χ4n) is 2.27. The topological polar surface area (TPSA) is 91.8 Å². The molecule has 2 amide bonds. The first kappa shape index (κ1) is 13.9. The Kier molecular flexibility index (Phi) is 3.65. The number of imide groups is 1. The molecule has 0 spiro atoms. The first-order valence-electron chi connectivity index (χ1n) is 6.12. The molecule has 0 fully saturated rings. The quantitative estimate of drug-likeness (QED) is 0.812. The van der Waals surface area contributed by atoms with E-state index < -0.39 is 29.6 Å². The highest BCUT2D eigenvalue weighted by atomic mass is 16.4. The van der Waals surface area contributed by atoms with E-state index in [1.807, 2.05) is 0 Å². The van der Waals surface area contributed by atoms with Gasteiger partial charge in [-0.3, -0.25) is 24.1 Å². The number of Topliss-reactive ketones (excluding diaryl/α,β-unsaturated/α-hetero) is 1. The number of benzene rings is 1. The molecule has 104 valence electrons. The van der Waals surface area contributed by atoms with Crippen LogP contribution < -0.4 is 0 Å². The number of ketones is 1. The van der Waals surface area contributed by atoms with E-state index in [-0.39, 0.29) is 24.0 Å². The normalized spacial score (nSPS) is 15.2. The summed E-state index contributed by atoms with van der Waals surface area (Å²) < 4.78 is 0. The minimum atomic E-state index is -1.08. The van der Waals surface area contributed by atoms with Crippen LogP contribution in [0.1, 0.15) is 40.5 Å². The van der Waals surface area contributed by atoms with Gasteiger partial charge in [-0.05, 0) is 25.5 Å². The second kappa shape index (κ2) is 5.24. The monoisotopic (exact) mass is 275 g/mol. The van der Waals surface area contributed by atoms with E-state index >= 15 is 0 Å². The average molecular weight is 275 g/mol. The van der Waals surface area contributed by atoms with Crippen LogP contribution in [0, 0.1) is 0 Å². The molecule has 20 heavy (non-hydrogen) atoms. The smallest absolute Gasteiger partial charge is 0.303 e. The van der Waals surface area contributed by atoms with E-state index in [0.717, 1.165) is 4.90 Å². The molecular weight excluding hydrogens is 262 g/mol. The van der Waals surface area contributed by atoms with E-state index in [2.05, 4.69) is 0 Å². The van der Waals surface area contributed by atoms with Crippen molar-refractivity contribution in [1.82, 2.24) is 4.90 Å². The van der Waals surface area contributed by atoms with Gasteiger partial charge in [0.1, 0.15) is 0 Å². The third-order valence-electron chi connectivity index (χ3n) is 3.24. The number of hydrogen-bond acceptors (Lipinski definition) is 4. The fourth-order valence-corrected chi connectivity index (χ4v) is 2.27. The summed E-state index contributed by atoms with van der Waals surface area (Å²) in [6, 6.07) is 5.27. The number of hydrogen-bond donors (Lipinski definition) is 1. The van der Waals surface area contributed by atoms with Crippen LogP contribution in [-0.2, 0) is 9.59 Å². The number of carboxylic acid groups (broad SMARTS) is 1. The van der Waals surface area contributed by atoms with Crippen molar-refractivity contribution in [2.24, 2.45) is 0 Å². The predicted molar refractivity (Wildman–Crippen MR) is 68.3 cm³/mol. The summed E-state index contributed by atoms with van der Waals surface area (Å²) >= 11 is 0. The first-order valence-corrected chi connectivity index (χ1v) is 6.12. The Balaban J connectivity index is 2.32. The van der Waals surface area contributed by atoms with Crippen LogP contribution in [0.3, 0.4) is 0 Å². The standard InChI is InChI=1S/C14H13NO5/c1-8(16)11(6-7-12(17)18)15-13(19)9-4-2-3-5-10(9)14(15)20/h2-5,11H,6-7H2,1H3,(H,17,18)/t11-/m0/s1. The lowest BCUT2D eigenvalue weighted by Crippen LogP contribution is -2.44. The molecule has 0 radical (unpaired) electrons. The Morgan fingerprint density at radius 3 is 2.05 bits per heavy atom. The number of carbonyl (C=O) groups excluding carboxylic acids is 3. The van der Waals surface area contributed by atoms with E-state index in [1.165, 1.54) is 19.1 Å². The van der Waals surface area contributed by atoms with Crippen molar-refractivity contribution in [2.45, 2.75) is 25.8 Å². The number of aliphatic carboxylic acids is 1. The Morgan fingerprint density at radius 2 is 1.65 bits per heavy atom. The Hall–Kier alpha value is -2.50. The van der Waals surface area contributed by atoms with Gasteiger partial charge in [0.2, 0.25) is 0 Å². The second-order valence-corrected chi connectivity index (χ2v) is 4.58. The average Bonchev–Trinajstić information content (AvgIpc) is 2.64. The summed E-state index contributed by atoms with van der Waals surface area (Å²) in [5.41, 5.74) is 0.498. The van der Waals surface area contributed by atoms with Crippen LogP contribution in [0.2, 0.25) is 0 Å². The van der Waals surface area contributed by atoms with E-state index in [9.17, 15) is 19.2 Å². The number of carbonyl (C=O) groups is 4. The lowest BCUT2D eigenvalue weighted by Gasteiger charge is -2.23. The van der Waals surface area contributed by atoms with Gasteiger partial charge in [-0.2, -0.15) is 0 Å². The lowest BCUT2D eigenvalue weighted by molar-refractivity contribution is -0.137. The third-order valence-corrected chi connectivity index (χ3v) is 3.24. The van der Waals surface area contributed by atoms with Crippen molar-refractivity contribution in [3.05, 3.63) is 35.4 Å². The molecule has 0 saturated heterocycles. The van der Waals surface area contributed by atoms with Crippen molar-refractivity contribution < 1.29 is 24.3 Å². The van der Waals surface area contributed by atoms with Gasteiger partial charge in [0, 0.05) is 6.42 Å². The van der Waals surface area contributed by atoms with Crippen LogP contribution in [0.15, 0.2) is 24.3 Å². The molecule has 1 aromatic carbocycles. The van der Waals surface area contributed by atoms with Crippen molar-refractivity contribution in [1.29, 1.82) is 0 Å². The van der Waals surface area contributed by atoms with Gasteiger partial charge in [-0.15, -0.1) is 0 Å². The predicted octanol–water partition coefficient (Wildman–Crippen LogP) is 1.11. The Bertz CT molecular complexity index is 572. The summed E-state index contributed by atoms with van der Waals surface area (Å²) in [6.07, 6.45) is -0.353. The van der Waals surface area contributed by atoms with E-state index in [1.54, 1.807) is 12.1 Å². The zero-order valence-corrected chi connectivity index (χ0v) is 10.8. The maximum Gasteiger partial charge on any atom is 0.303 e. The first-order chi connectivity index (χ1) is 9.43. The zero-order valence-electron chi connectivity index (χ0n) is 10.8. The molecule has 1 aliphatic rings. The number of nitrogens with zero attached hydrogens (tertiary/aromatic N) is 1. The van der Waals surface area contributed by atoms with Gasteiger partial charge < -0.3 is 5.11 Å². The van der Waals surface area contributed by atoms with Crippen molar-refractivity contribution >= 4 is 23.6 Å². The highest BCUT2D eigenvalue weighted by Crippen LogP contribution is 2.26. The molecule has 2 rings (SSSR count). The van der Waals surface area contributed by atoms with Gasteiger partial charge in [-0.1, -0.05) is 12.1 Å². The fraction of sp³-hybridized carbons (Fsp3) is 0.286. The summed E-state index contributed by atoms with van der Waals surface area (Å²) in [6.45, 7) is 1.25. The number of rotatable bonds is 5. The molecule has 6 heteroatoms. The van der Waals surface area contributed by atoms with Crippen LogP contribution >= 0.6 is 0 Å². The van der Waals surface area contributed by atoms with Gasteiger partial charge >= 0.3 is 5.97 Å². The molecule has 1 heterocycles. The summed E-state index contributed by atoms with van der Waals surface area (Å²) in [5.74, 6) is -2.57. The van der Waals surface area contributed by atoms with Crippen molar-refractivity contribution in [3.8, 4) is 0 Å². The summed E-state index contributed by atoms with van der Waals surface area (Å²) in [7, 11) is 0. The number of fused-ring (bicyclic) bond motifs is 1. The minimum Gasteiger partial charge on any atom is -0.481 e. The van der Waals surface area contributed by atoms with E-state index in [0.29, 0.717) is 0 Å². The highest BCUT2D eigenvalue weighted by Gasteiger charge is 2.41. The molecule has 0 bridgehead atoms. The van der Waals surface area contributed by atoms with Gasteiger partial charge in [0.05, 0.1) is 17.2 Å². The van der Waals surface area contributed by atoms with Crippen LogP contribution in [0.25, 0.3) is 0 Å². The number of amides is 2. The molecule has 1 N–H and O–H groups in total. The van der Waals surface area contributed by atoms with Gasteiger partial charge in [0.15, 0.2) is 5.78 Å². The molecular formula is C14H13NO5. The van der Waals surface area contributed by atoms with Gasteiger partial charge in [-0.25, -0.2) is 0 Å². The molecule has 1 aromatic rings.